The predicted octanol–water partition coefficient (Wildman–Crippen LogP) is 6.99. The molecule has 0 N–H and O–H groups in total. The van der Waals surface area contributed by atoms with Crippen LogP contribution >= 0.6 is 0 Å². The Balaban J connectivity index is 2.41. The lowest BCUT2D eigenvalue weighted by molar-refractivity contribution is 0.585. The Hall–Kier alpha value is -1.57. The van der Waals surface area contributed by atoms with Crippen molar-refractivity contribution in [1.82, 2.24) is 0 Å². The van der Waals surface area contributed by atoms with Crippen molar-refractivity contribution in [2.45, 2.75) is 97.8 Å². The van der Waals surface area contributed by atoms with Crippen molar-refractivity contribution < 1.29 is 4.42 Å². The van der Waals surface area contributed by atoms with Crippen LogP contribution in [0.2, 0.25) is 0 Å². The van der Waals surface area contributed by atoms with E-state index in [9.17, 15) is 4.79 Å². The van der Waals surface area contributed by atoms with Gasteiger partial charge in [0.1, 0.15) is 5.58 Å². The molecular formula is C24H36O2. The highest BCUT2D eigenvalue weighted by Gasteiger charge is 2.14. The standard InChI is InChI=1S/C24H36O2/c1-4-7-10-13-19-16-17-22-23(21(19)15-12-9-6-3)24(25)20(18-26-22)14-11-8-5-2/h16-18H,4-15H2,1-3H3. The fraction of sp³-hybridized carbons (Fsp3) is 0.625. The first-order valence-electron chi connectivity index (χ1n) is 10.8. The van der Waals surface area contributed by atoms with Crippen molar-refractivity contribution in [3.8, 4) is 0 Å². The summed E-state index contributed by atoms with van der Waals surface area (Å²) in [7, 11) is 0. The second-order valence-electron chi connectivity index (χ2n) is 7.54. The quantitative estimate of drug-likeness (QED) is 0.384. The highest BCUT2D eigenvalue weighted by atomic mass is 16.3. The van der Waals surface area contributed by atoms with E-state index in [0.717, 1.165) is 55.1 Å². The molecule has 2 heteroatoms. The molecule has 0 aliphatic rings. The molecule has 2 rings (SSSR count). The van der Waals surface area contributed by atoms with Gasteiger partial charge >= 0.3 is 0 Å². The predicted molar refractivity (Wildman–Crippen MR) is 112 cm³/mol. The Morgan fingerprint density at radius 2 is 1.31 bits per heavy atom. The van der Waals surface area contributed by atoms with Crippen LogP contribution in [-0.4, -0.2) is 0 Å². The van der Waals surface area contributed by atoms with Gasteiger partial charge in [-0.05, 0) is 55.7 Å². The molecule has 0 saturated heterocycles. The van der Waals surface area contributed by atoms with Crippen molar-refractivity contribution in [1.29, 1.82) is 0 Å². The zero-order valence-electron chi connectivity index (χ0n) is 17.0. The minimum absolute atomic E-state index is 0.214. The smallest absolute Gasteiger partial charge is 0.196 e. The summed E-state index contributed by atoms with van der Waals surface area (Å²) in [6.45, 7) is 6.66. The molecule has 1 aromatic heterocycles. The van der Waals surface area contributed by atoms with Crippen LogP contribution in [0.3, 0.4) is 0 Å². The topological polar surface area (TPSA) is 30.2 Å². The molecule has 0 amide bonds. The van der Waals surface area contributed by atoms with Crippen LogP contribution in [0.4, 0.5) is 0 Å². The molecule has 0 aliphatic heterocycles. The van der Waals surface area contributed by atoms with Crippen LogP contribution < -0.4 is 5.43 Å². The summed E-state index contributed by atoms with van der Waals surface area (Å²) in [5.74, 6) is 0. The second-order valence-corrected chi connectivity index (χ2v) is 7.54. The zero-order valence-corrected chi connectivity index (χ0v) is 17.0. The van der Waals surface area contributed by atoms with Crippen LogP contribution in [0, 0.1) is 0 Å². The van der Waals surface area contributed by atoms with Gasteiger partial charge in [0.05, 0.1) is 11.6 Å². The van der Waals surface area contributed by atoms with E-state index < -0.39 is 0 Å². The SMILES string of the molecule is CCCCCc1ccc2occ(CCCCC)c(=O)c2c1CCCCC. The molecule has 0 radical (unpaired) electrons. The molecule has 0 atom stereocenters. The third kappa shape index (κ3) is 5.46. The third-order valence-electron chi connectivity index (χ3n) is 5.35. The number of unbranched alkanes of at least 4 members (excludes halogenated alkanes) is 6. The van der Waals surface area contributed by atoms with Crippen LogP contribution in [0.1, 0.15) is 95.2 Å². The first-order valence-corrected chi connectivity index (χ1v) is 10.8. The molecule has 2 aromatic rings. The number of fused-ring (bicyclic) bond motifs is 1. The van der Waals surface area contributed by atoms with Gasteiger partial charge in [-0.1, -0.05) is 65.4 Å². The highest BCUT2D eigenvalue weighted by molar-refractivity contribution is 5.82. The second kappa shape index (κ2) is 11.2. The molecule has 26 heavy (non-hydrogen) atoms. The van der Waals surface area contributed by atoms with Gasteiger partial charge in [-0.15, -0.1) is 0 Å². The van der Waals surface area contributed by atoms with Gasteiger partial charge in [-0.2, -0.15) is 0 Å². The van der Waals surface area contributed by atoms with Crippen molar-refractivity contribution >= 4 is 11.0 Å². The first kappa shape index (κ1) is 20.7. The van der Waals surface area contributed by atoms with E-state index in [1.165, 1.54) is 49.7 Å². The Morgan fingerprint density at radius 3 is 1.92 bits per heavy atom. The van der Waals surface area contributed by atoms with Crippen molar-refractivity contribution in [2.24, 2.45) is 0 Å². The summed E-state index contributed by atoms with van der Waals surface area (Å²) in [6.07, 6.45) is 15.2. The lowest BCUT2D eigenvalue weighted by Gasteiger charge is -2.13. The molecule has 0 spiro atoms. The fourth-order valence-electron chi connectivity index (χ4n) is 3.74. The van der Waals surface area contributed by atoms with E-state index in [1.807, 2.05) is 6.07 Å². The number of hydrogen-bond acceptors (Lipinski definition) is 2. The molecule has 0 fully saturated rings. The Labute approximate surface area is 159 Å². The van der Waals surface area contributed by atoms with Gasteiger partial charge < -0.3 is 4.42 Å². The largest absolute Gasteiger partial charge is 0.464 e. The summed E-state index contributed by atoms with van der Waals surface area (Å²) in [5, 5.41) is 0.865. The average Bonchev–Trinajstić information content (AvgIpc) is 2.65. The third-order valence-corrected chi connectivity index (χ3v) is 5.35. The maximum atomic E-state index is 13.2. The molecular weight excluding hydrogens is 320 g/mol. The van der Waals surface area contributed by atoms with Gasteiger partial charge in [0, 0.05) is 5.56 Å². The minimum Gasteiger partial charge on any atom is -0.464 e. The van der Waals surface area contributed by atoms with E-state index in [2.05, 4.69) is 26.8 Å². The van der Waals surface area contributed by atoms with Crippen LogP contribution in [0.25, 0.3) is 11.0 Å². The summed E-state index contributed by atoms with van der Waals surface area (Å²) >= 11 is 0. The number of benzene rings is 1. The monoisotopic (exact) mass is 356 g/mol. The minimum atomic E-state index is 0.214. The fourth-order valence-corrected chi connectivity index (χ4v) is 3.74. The van der Waals surface area contributed by atoms with E-state index in [0.29, 0.717) is 0 Å². The average molecular weight is 357 g/mol. The summed E-state index contributed by atoms with van der Waals surface area (Å²) in [5.41, 5.74) is 4.46. The maximum absolute atomic E-state index is 13.2. The summed E-state index contributed by atoms with van der Waals surface area (Å²) in [6, 6.07) is 4.20. The van der Waals surface area contributed by atoms with Gasteiger partial charge in [-0.25, -0.2) is 0 Å². The Kier molecular flexibility index (Phi) is 8.94. The molecule has 0 aliphatic carbocycles. The molecule has 1 aromatic carbocycles. The molecule has 0 unspecified atom stereocenters. The number of rotatable bonds is 12. The molecule has 144 valence electrons. The maximum Gasteiger partial charge on any atom is 0.196 e. The van der Waals surface area contributed by atoms with Crippen molar-refractivity contribution in [2.75, 3.05) is 0 Å². The van der Waals surface area contributed by atoms with E-state index in [1.54, 1.807) is 6.26 Å². The van der Waals surface area contributed by atoms with Crippen molar-refractivity contribution in [3.63, 3.8) is 0 Å². The van der Waals surface area contributed by atoms with Crippen LogP contribution in [0.15, 0.2) is 27.6 Å². The van der Waals surface area contributed by atoms with Gasteiger partial charge in [0.2, 0.25) is 0 Å². The lowest BCUT2D eigenvalue weighted by Crippen LogP contribution is -2.12. The van der Waals surface area contributed by atoms with Gasteiger partial charge in [0.15, 0.2) is 5.43 Å². The number of hydrogen-bond donors (Lipinski definition) is 0. The van der Waals surface area contributed by atoms with Crippen LogP contribution in [0.5, 0.6) is 0 Å². The van der Waals surface area contributed by atoms with Gasteiger partial charge in [-0.3, -0.25) is 4.79 Å². The first-order chi connectivity index (χ1) is 12.7. The molecule has 0 bridgehead atoms. The molecule has 2 nitrogen and oxygen atoms in total. The van der Waals surface area contributed by atoms with Gasteiger partial charge in [0.25, 0.3) is 0 Å². The highest BCUT2D eigenvalue weighted by Crippen LogP contribution is 2.25. The van der Waals surface area contributed by atoms with Crippen molar-refractivity contribution in [3.05, 3.63) is 45.3 Å². The van der Waals surface area contributed by atoms with E-state index in [-0.39, 0.29) is 5.43 Å². The molecule has 0 saturated carbocycles. The number of aryl methyl sites for hydroxylation is 3. The zero-order chi connectivity index (χ0) is 18.8. The lowest BCUT2D eigenvalue weighted by atomic mass is 9.92. The normalized spacial score (nSPS) is 11.3. The van der Waals surface area contributed by atoms with E-state index >= 15 is 0 Å². The van der Waals surface area contributed by atoms with Crippen LogP contribution in [-0.2, 0) is 19.3 Å². The summed E-state index contributed by atoms with van der Waals surface area (Å²) in [4.78, 5) is 13.2. The molecule has 1 heterocycles. The Morgan fingerprint density at radius 1 is 0.731 bits per heavy atom. The van der Waals surface area contributed by atoms with E-state index in [4.69, 9.17) is 4.42 Å². The summed E-state index contributed by atoms with van der Waals surface area (Å²) < 4.78 is 5.88. The Bertz CT molecular complexity index is 722.